The van der Waals surface area contributed by atoms with E-state index in [1.54, 1.807) is 0 Å². The molecule has 4 aliphatic rings. The molecule has 2 heterocycles. The number of hydrogen-bond acceptors (Lipinski definition) is 4. The minimum atomic E-state index is -0.214. The van der Waals surface area contributed by atoms with Crippen LogP contribution in [-0.2, 0) is 22.4 Å². The second-order valence-corrected chi connectivity index (χ2v) is 12.0. The van der Waals surface area contributed by atoms with Crippen LogP contribution >= 0.6 is 11.3 Å². The van der Waals surface area contributed by atoms with Gasteiger partial charge in [-0.05, 0) is 74.7 Å². The highest BCUT2D eigenvalue weighted by Gasteiger charge is 2.64. The fourth-order valence-corrected chi connectivity index (χ4v) is 8.16. The average molecular weight is 423 g/mol. The van der Waals surface area contributed by atoms with Crippen LogP contribution in [0.4, 0.5) is 5.00 Å². The van der Waals surface area contributed by atoms with Gasteiger partial charge in [-0.25, -0.2) is 4.90 Å². The molecule has 3 fully saturated rings. The molecular formula is C25H30N2O2S. The van der Waals surface area contributed by atoms with Gasteiger partial charge in [-0.3, -0.25) is 9.59 Å². The molecule has 5 rings (SSSR count). The van der Waals surface area contributed by atoms with E-state index in [-0.39, 0.29) is 40.9 Å². The van der Waals surface area contributed by atoms with Crippen molar-refractivity contribution in [1.29, 1.82) is 5.26 Å². The summed E-state index contributed by atoms with van der Waals surface area (Å²) < 4.78 is 0. The zero-order valence-electron chi connectivity index (χ0n) is 18.5. The monoisotopic (exact) mass is 422 g/mol. The zero-order valence-corrected chi connectivity index (χ0v) is 19.4. The summed E-state index contributed by atoms with van der Waals surface area (Å²) in [7, 11) is 0. The summed E-state index contributed by atoms with van der Waals surface area (Å²) in [5.74, 6) is 0.456. The van der Waals surface area contributed by atoms with E-state index in [9.17, 15) is 14.9 Å². The number of rotatable bonds is 1. The molecule has 2 amide bonds. The van der Waals surface area contributed by atoms with Crippen LogP contribution in [0.15, 0.2) is 11.1 Å². The van der Waals surface area contributed by atoms with Crippen molar-refractivity contribution >= 4 is 28.2 Å². The summed E-state index contributed by atoms with van der Waals surface area (Å²) in [5, 5.41) is 10.6. The van der Waals surface area contributed by atoms with Gasteiger partial charge in [0.05, 0.1) is 17.4 Å². The Morgan fingerprint density at radius 2 is 1.67 bits per heavy atom. The van der Waals surface area contributed by atoms with Gasteiger partial charge in [-0.1, -0.05) is 31.9 Å². The third-order valence-corrected chi connectivity index (χ3v) is 9.46. The maximum Gasteiger partial charge on any atom is 0.239 e. The van der Waals surface area contributed by atoms with Crippen LogP contribution < -0.4 is 4.90 Å². The molecule has 0 aromatic carbocycles. The van der Waals surface area contributed by atoms with E-state index < -0.39 is 0 Å². The summed E-state index contributed by atoms with van der Waals surface area (Å²) in [5.41, 5.74) is 4.53. The molecule has 0 unspecified atom stereocenters. The van der Waals surface area contributed by atoms with Gasteiger partial charge in [0.15, 0.2) is 0 Å². The topological polar surface area (TPSA) is 61.2 Å². The molecule has 2 bridgehead atoms. The highest BCUT2D eigenvalue weighted by atomic mass is 32.1. The lowest BCUT2D eigenvalue weighted by atomic mass is 9.72. The molecule has 1 aromatic rings. The van der Waals surface area contributed by atoms with Gasteiger partial charge in [0.1, 0.15) is 11.1 Å². The number of anilines is 1. The first-order valence-corrected chi connectivity index (χ1v) is 12.1. The smallest absolute Gasteiger partial charge is 0.239 e. The minimum Gasteiger partial charge on any atom is -0.274 e. The van der Waals surface area contributed by atoms with E-state index >= 15 is 0 Å². The highest BCUT2D eigenvalue weighted by Crippen LogP contribution is 2.61. The zero-order chi connectivity index (χ0) is 21.5. The summed E-state index contributed by atoms with van der Waals surface area (Å²) in [6.07, 6.45) is 4.89. The summed E-state index contributed by atoms with van der Waals surface area (Å²) >= 11 is 1.53. The SMILES string of the molecule is CC(C)=C1[C@H]2CC[C@H]1[C@@H]1C(=O)N(c3sc4c(c3C#N)CC[C@H](C(C)(C)C)C4)C(=O)[C@H]12. The Balaban J connectivity index is 1.54. The van der Waals surface area contributed by atoms with Gasteiger partial charge in [-0.15, -0.1) is 11.3 Å². The van der Waals surface area contributed by atoms with Crippen molar-refractivity contribution < 1.29 is 9.59 Å². The predicted molar refractivity (Wildman–Crippen MR) is 118 cm³/mol. The number of nitrogens with zero attached hydrogens (tertiary/aromatic N) is 2. The Labute approximate surface area is 182 Å². The second-order valence-electron chi connectivity index (χ2n) is 10.9. The van der Waals surface area contributed by atoms with Gasteiger partial charge >= 0.3 is 0 Å². The minimum absolute atomic E-state index is 0.0570. The molecule has 1 saturated heterocycles. The van der Waals surface area contributed by atoms with Crippen LogP contribution in [0.3, 0.4) is 0 Å². The summed E-state index contributed by atoms with van der Waals surface area (Å²) in [4.78, 5) is 29.7. The van der Waals surface area contributed by atoms with Crippen LogP contribution in [0, 0.1) is 46.3 Å². The molecule has 1 aromatic heterocycles. The van der Waals surface area contributed by atoms with Crippen LogP contribution in [-0.4, -0.2) is 11.8 Å². The lowest BCUT2D eigenvalue weighted by molar-refractivity contribution is -0.122. The van der Waals surface area contributed by atoms with Gasteiger partial charge in [0, 0.05) is 4.88 Å². The Kier molecular flexibility index (Phi) is 4.35. The van der Waals surface area contributed by atoms with Crippen molar-refractivity contribution in [3.63, 3.8) is 0 Å². The largest absolute Gasteiger partial charge is 0.274 e. The standard InChI is InChI=1S/C25H30N2O2S/c1-12(2)19-15-8-9-16(19)21-20(15)22(28)27(23(21)29)24-17(11-26)14-7-6-13(25(3,4)5)10-18(14)30-24/h13,15-16,20-21H,6-10H2,1-5H3/t13-,15+,16+,20-,21-/m0/s1. The molecule has 5 heteroatoms. The van der Waals surface area contributed by atoms with E-state index in [1.165, 1.54) is 32.3 Å². The number of carbonyl (C=O) groups is 2. The molecule has 2 saturated carbocycles. The molecule has 0 spiro atoms. The van der Waals surface area contributed by atoms with Gasteiger partial charge < -0.3 is 0 Å². The predicted octanol–water partition coefficient (Wildman–Crippen LogP) is 5.25. The van der Waals surface area contributed by atoms with Crippen molar-refractivity contribution in [3.8, 4) is 6.07 Å². The van der Waals surface area contributed by atoms with Crippen LogP contribution in [0.2, 0.25) is 0 Å². The van der Waals surface area contributed by atoms with Crippen molar-refractivity contribution in [2.75, 3.05) is 4.90 Å². The van der Waals surface area contributed by atoms with Crippen LogP contribution in [0.1, 0.15) is 69.9 Å². The second kappa shape index (κ2) is 6.53. The lowest BCUT2D eigenvalue weighted by Gasteiger charge is -2.33. The Hall–Kier alpha value is -1.93. The van der Waals surface area contributed by atoms with Crippen molar-refractivity contribution in [2.24, 2.45) is 35.0 Å². The Bertz CT molecular complexity index is 999. The molecule has 0 N–H and O–H groups in total. The number of nitriles is 1. The highest BCUT2D eigenvalue weighted by molar-refractivity contribution is 7.17. The molecular weight excluding hydrogens is 392 g/mol. The number of hydrogen-bond donors (Lipinski definition) is 0. The van der Waals surface area contributed by atoms with Crippen LogP contribution in [0.5, 0.6) is 0 Å². The van der Waals surface area contributed by atoms with Gasteiger partial charge in [0.2, 0.25) is 11.8 Å². The molecule has 3 aliphatic carbocycles. The number of allylic oxidation sites excluding steroid dienone is 2. The van der Waals surface area contributed by atoms with Crippen LogP contribution in [0.25, 0.3) is 0 Å². The molecule has 0 radical (unpaired) electrons. The Morgan fingerprint density at radius 3 is 2.17 bits per heavy atom. The number of carbonyl (C=O) groups excluding carboxylic acids is 2. The fraction of sp³-hybridized carbons (Fsp3) is 0.640. The third kappa shape index (κ3) is 2.56. The van der Waals surface area contributed by atoms with Crippen molar-refractivity contribution in [2.45, 2.75) is 66.7 Å². The molecule has 4 nitrogen and oxygen atoms in total. The number of thiophene rings is 1. The number of imide groups is 1. The molecule has 1 aliphatic heterocycles. The fourth-order valence-electron chi connectivity index (χ4n) is 6.78. The molecule has 30 heavy (non-hydrogen) atoms. The molecule has 158 valence electrons. The van der Waals surface area contributed by atoms with E-state index in [4.69, 9.17) is 0 Å². The van der Waals surface area contributed by atoms with Gasteiger partial charge in [-0.2, -0.15) is 5.26 Å². The third-order valence-electron chi connectivity index (χ3n) is 8.22. The maximum atomic E-state index is 13.5. The van der Waals surface area contributed by atoms with E-state index in [0.717, 1.165) is 37.7 Å². The lowest BCUT2D eigenvalue weighted by Crippen LogP contribution is -2.33. The maximum absolute atomic E-state index is 13.5. The number of fused-ring (bicyclic) bond motifs is 6. The van der Waals surface area contributed by atoms with Crippen molar-refractivity contribution in [1.82, 2.24) is 0 Å². The first kappa shape index (κ1) is 20.0. The first-order chi connectivity index (χ1) is 14.1. The normalized spacial score (nSPS) is 32.5. The summed E-state index contributed by atoms with van der Waals surface area (Å²) in [6.45, 7) is 11.0. The number of amides is 2. The quantitative estimate of drug-likeness (QED) is 0.458. The van der Waals surface area contributed by atoms with E-state index in [1.807, 2.05) is 0 Å². The van der Waals surface area contributed by atoms with E-state index in [2.05, 4.69) is 40.7 Å². The van der Waals surface area contributed by atoms with Crippen molar-refractivity contribution in [3.05, 3.63) is 27.2 Å². The summed E-state index contributed by atoms with van der Waals surface area (Å²) in [6, 6.07) is 2.36. The first-order valence-electron chi connectivity index (χ1n) is 11.2. The van der Waals surface area contributed by atoms with E-state index in [0.29, 0.717) is 16.5 Å². The average Bonchev–Trinajstić information content (AvgIpc) is 3.39. The van der Waals surface area contributed by atoms with Gasteiger partial charge in [0.25, 0.3) is 0 Å². The Morgan fingerprint density at radius 1 is 1.07 bits per heavy atom. The molecule has 5 atom stereocenters.